The van der Waals surface area contributed by atoms with Gasteiger partial charge in [-0.3, -0.25) is 0 Å². The standard InChI is InChI=1S/C36H52N2O3S/c1-3-5-7-9-11-13-27-38(28-14-12-10-8-6-4-2)36-21-16-19-34-33(18-15-20-35(34)36)23-22-32-24-29-37(30-25-32)26-17-31-42(39,40)41/h15-16,18-25,29-30H,3-14,17,26-28,31H2,1-2H3. The van der Waals surface area contributed by atoms with Gasteiger partial charge < -0.3 is 9.45 Å². The summed E-state index contributed by atoms with van der Waals surface area (Å²) in [6.07, 6.45) is 24.2. The summed E-state index contributed by atoms with van der Waals surface area (Å²) in [6, 6.07) is 17.4. The van der Waals surface area contributed by atoms with Crippen LogP contribution >= 0.6 is 0 Å². The molecule has 0 fully saturated rings. The highest BCUT2D eigenvalue weighted by molar-refractivity contribution is 7.85. The first-order chi connectivity index (χ1) is 20.4. The fourth-order valence-corrected chi connectivity index (χ4v) is 6.08. The SMILES string of the molecule is CCCCCCCCN(CCCCCCCC)c1cccc2c(C=Cc3cc[n+](CCCS(=O)(=O)[O-])cc3)cccc12. The van der Waals surface area contributed by atoms with Crippen LogP contribution in [0.15, 0.2) is 60.9 Å². The first-order valence-electron chi connectivity index (χ1n) is 16.3. The topological polar surface area (TPSA) is 64.3 Å². The Kier molecular flexibility index (Phi) is 15.1. The molecule has 0 aliphatic heterocycles. The first-order valence-corrected chi connectivity index (χ1v) is 17.9. The third-order valence-electron chi connectivity index (χ3n) is 8.02. The van der Waals surface area contributed by atoms with Crippen LogP contribution in [0, 0.1) is 0 Å². The van der Waals surface area contributed by atoms with Crippen LogP contribution in [-0.4, -0.2) is 31.8 Å². The van der Waals surface area contributed by atoms with E-state index in [1.54, 1.807) is 0 Å². The first kappa shape index (κ1) is 33.8. The molecule has 1 aromatic heterocycles. The van der Waals surface area contributed by atoms with Crippen molar-refractivity contribution in [3.63, 3.8) is 0 Å². The highest BCUT2D eigenvalue weighted by Crippen LogP contribution is 2.31. The van der Waals surface area contributed by atoms with Crippen molar-refractivity contribution in [2.24, 2.45) is 0 Å². The van der Waals surface area contributed by atoms with E-state index in [2.05, 4.69) is 67.3 Å². The fourth-order valence-electron chi connectivity index (χ4n) is 5.60. The highest BCUT2D eigenvalue weighted by Gasteiger charge is 2.11. The van der Waals surface area contributed by atoms with Crippen LogP contribution in [0.2, 0.25) is 0 Å². The molecule has 3 aromatic rings. The summed E-state index contributed by atoms with van der Waals surface area (Å²) in [5.41, 5.74) is 3.63. The predicted octanol–water partition coefficient (Wildman–Crippen LogP) is 8.76. The lowest BCUT2D eigenvalue weighted by atomic mass is 10.0. The average Bonchev–Trinajstić information content (AvgIpc) is 2.98. The normalized spacial score (nSPS) is 12.0. The molecule has 0 spiro atoms. The lowest BCUT2D eigenvalue weighted by Gasteiger charge is -2.27. The third-order valence-corrected chi connectivity index (χ3v) is 8.81. The molecule has 0 aliphatic rings. The van der Waals surface area contributed by atoms with Crippen molar-refractivity contribution >= 4 is 38.7 Å². The summed E-state index contributed by atoms with van der Waals surface area (Å²) < 4.78 is 34.5. The summed E-state index contributed by atoms with van der Waals surface area (Å²) in [5, 5.41) is 2.59. The van der Waals surface area contributed by atoms with Crippen molar-refractivity contribution in [3.8, 4) is 0 Å². The van der Waals surface area contributed by atoms with Gasteiger partial charge in [-0.15, -0.1) is 0 Å². The van der Waals surface area contributed by atoms with Crippen molar-refractivity contribution < 1.29 is 17.5 Å². The Morgan fingerprint density at radius 3 is 1.88 bits per heavy atom. The van der Waals surface area contributed by atoms with Gasteiger partial charge in [0.1, 0.15) is 6.54 Å². The molecule has 6 heteroatoms. The van der Waals surface area contributed by atoms with Crippen LogP contribution in [-0.2, 0) is 16.7 Å². The van der Waals surface area contributed by atoms with Gasteiger partial charge >= 0.3 is 0 Å². The molecular formula is C36H52N2O3S. The van der Waals surface area contributed by atoms with E-state index in [1.807, 2.05) is 29.1 Å². The van der Waals surface area contributed by atoms with Gasteiger partial charge in [0.05, 0.1) is 10.1 Å². The number of aromatic nitrogens is 1. The average molecular weight is 593 g/mol. The second kappa shape index (κ2) is 18.8. The molecule has 0 unspecified atom stereocenters. The zero-order chi connectivity index (χ0) is 30.0. The Balaban J connectivity index is 1.72. The number of pyridine rings is 1. The maximum absolute atomic E-state index is 10.9. The Morgan fingerprint density at radius 1 is 0.690 bits per heavy atom. The van der Waals surface area contributed by atoms with Gasteiger partial charge in [0.15, 0.2) is 12.4 Å². The maximum Gasteiger partial charge on any atom is 0.169 e. The largest absolute Gasteiger partial charge is 0.748 e. The minimum absolute atomic E-state index is 0.318. The highest BCUT2D eigenvalue weighted by atomic mass is 32.2. The summed E-state index contributed by atoms with van der Waals surface area (Å²) in [5.74, 6) is -0.333. The molecule has 0 radical (unpaired) electrons. The lowest BCUT2D eigenvalue weighted by molar-refractivity contribution is -0.696. The van der Waals surface area contributed by atoms with Crippen LogP contribution in [0.25, 0.3) is 22.9 Å². The Hall–Kier alpha value is -2.70. The monoisotopic (exact) mass is 592 g/mol. The van der Waals surface area contributed by atoms with E-state index >= 15 is 0 Å². The van der Waals surface area contributed by atoms with E-state index in [0.29, 0.717) is 13.0 Å². The number of fused-ring (bicyclic) bond motifs is 1. The molecule has 1 heterocycles. The number of rotatable bonds is 21. The molecule has 2 aromatic carbocycles. The molecule has 42 heavy (non-hydrogen) atoms. The molecule has 0 bridgehead atoms. The number of unbranched alkanes of at least 4 members (excludes halogenated alkanes) is 10. The molecule has 0 atom stereocenters. The van der Waals surface area contributed by atoms with Gasteiger partial charge in [-0.25, -0.2) is 13.0 Å². The van der Waals surface area contributed by atoms with Crippen LogP contribution < -0.4 is 9.47 Å². The van der Waals surface area contributed by atoms with Crippen molar-refractivity contribution in [3.05, 3.63) is 72.1 Å². The summed E-state index contributed by atoms with van der Waals surface area (Å²) in [7, 11) is -4.16. The van der Waals surface area contributed by atoms with Gasteiger partial charge in [-0.05, 0) is 35.4 Å². The summed E-state index contributed by atoms with van der Waals surface area (Å²) >= 11 is 0. The Morgan fingerprint density at radius 2 is 1.26 bits per heavy atom. The molecular weight excluding hydrogens is 540 g/mol. The zero-order valence-electron chi connectivity index (χ0n) is 26.0. The maximum atomic E-state index is 10.9. The van der Waals surface area contributed by atoms with Crippen LogP contribution in [0.1, 0.15) is 108 Å². The molecule has 0 aliphatic carbocycles. The zero-order valence-corrected chi connectivity index (χ0v) is 26.8. The van der Waals surface area contributed by atoms with E-state index in [1.165, 1.54) is 99.1 Å². The minimum atomic E-state index is -4.16. The molecule has 3 rings (SSSR count). The van der Waals surface area contributed by atoms with E-state index in [9.17, 15) is 13.0 Å². The Bertz CT molecular complexity index is 1300. The fraction of sp³-hybridized carbons (Fsp3) is 0.528. The van der Waals surface area contributed by atoms with Crippen LogP contribution in [0.5, 0.6) is 0 Å². The van der Waals surface area contributed by atoms with Crippen LogP contribution in [0.3, 0.4) is 0 Å². The van der Waals surface area contributed by atoms with E-state index < -0.39 is 10.1 Å². The van der Waals surface area contributed by atoms with Gasteiger partial charge in [0.25, 0.3) is 0 Å². The van der Waals surface area contributed by atoms with Gasteiger partial charge in [0.2, 0.25) is 0 Å². The number of hydrogen-bond acceptors (Lipinski definition) is 4. The number of benzene rings is 2. The third kappa shape index (κ3) is 12.3. The number of aryl methyl sites for hydroxylation is 1. The minimum Gasteiger partial charge on any atom is -0.748 e. The smallest absolute Gasteiger partial charge is 0.169 e. The molecule has 0 amide bonds. The van der Waals surface area contributed by atoms with Gasteiger partial charge in [0, 0.05) is 48.5 Å². The quantitative estimate of drug-likeness (QED) is 0.0705. The van der Waals surface area contributed by atoms with Crippen LogP contribution in [0.4, 0.5) is 5.69 Å². The summed E-state index contributed by atoms with van der Waals surface area (Å²) in [6.45, 7) is 7.29. The molecule has 5 nitrogen and oxygen atoms in total. The lowest BCUT2D eigenvalue weighted by Crippen LogP contribution is -2.33. The van der Waals surface area contributed by atoms with E-state index in [-0.39, 0.29) is 5.75 Å². The molecule has 230 valence electrons. The van der Waals surface area contributed by atoms with Gasteiger partial charge in [-0.1, -0.05) is 121 Å². The second-order valence-corrected chi connectivity index (χ2v) is 13.1. The predicted molar refractivity (Wildman–Crippen MR) is 178 cm³/mol. The molecule has 0 saturated carbocycles. The number of anilines is 1. The molecule has 0 N–H and O–H groups in total. The molecule has 0 saturated heterocycles. The Labute approximate surface area is 255 Å². The van der Waals surface area contributed by atoms with Crippen molar-refractivity contribution in [2.45, 2.75) is 104 Å². The van der Waals surface area contributed by atoms with Crippen molar-refractivity contribution in [1.82, 2.24) is 0 Å². The summed E-state index contributed by atoms with van der Waals surface area (Å²) in [4.78, 5) is 2.64. The van der Waals surface area contributed by atoms with Crippen molar-refractivity contribution in [2.75, 3.05) is 23.7 Å². The number of hydrogen-bond donors (Lipinski definition) is 0. The number of nitrogens with zero attached hydrogens (tertiary/aromatic N) is 2. The van der Waals surface area contributed by atoms with Crippen molar-refractivity contribution in [1.29, 1.82) is 0 Å². The van der Waals surface area contributed by atoms with E-state index in [4.69, 9.17) is 0 Å². The second-order valence-electron chi connectivity index (χ2n) is 11.6. The van der Waals surface area contributed by atoms with Gasteiger partial charge in [-0.2, -0.15) is 0 Å². The van der Waals surface area contributed by atoms with E-state index in [0.717, 1.165) is 18.7 Å².